The number of carboxylic acid groups (broad SMARTS) is 1. The molecule has 4 N–H and O–H groups in total. The molecule has 0 fully saturated rings. The first kappa shape index (κ1) is 15.3. The molecule has 0 spiro atoms. The standard InChI is InChI=1S/C19H20N2O2/c1-12-7-18-16(15(11-21-18)10-17(20)19(22)23)9-14(12)8-13-5-3-2-4-6-13/h2-7,9,11,17,21H,8,10,20H2,1H3,(H,22,23). The summed E-state index contributed by atoms with van der Waals surface area (Å²) in [5, 5.41) is 10.1. The van der Waals surface area contributed by atoms with Crippen molar-refractivity contribution in [1.82, 2.24) is 4.98 Å². The van der Waals surface area contributed by atoms with Gasteiger partial charge in [-0.2, -0.15) is 0 Å². The molecule has 3 aromatic rings. The topological polar surface area (TPSA) is 79.1 Å². The summed E-state index contributed by atoms with van der Waals surface area (Å²) in [4.78, 5) is 14.2. The summed E-state index contributed by atoms with van der Waals surface area (Å²) in [5.74, 6) is -0.976. The predicted molar refractivity (Wildman–Crippen MR) is 91.6 cm³/mol. The summed E-state index contributed by atoms with van der Waals surface area (Å²) in [5.41, 5.74) is 11.4. The number of H-pyrrole nitrogens is 1. The maximum absolute atomic E-state index is 11.0. The van der Waals surface area contributed by atoms with Crippen LogP contribution in [-0.2, 0) is 17.6 Å². The van der Waals surface area contributed by atoms with E-state index in [-0.39, 0.29) is 0 Å². The van der Waals surface area contributed by atoms with E-state index in [1.165, 1.54) is 16.7 Å². The van der Waals surface area contributed by atoms with Crippen molar-refractivity contribution in [1.29, 1.82) is 0 Å². The lowest BCUT2D eigenvalue weighted by Gasteiger charge is -2.09. The number of fused-ring (bicyclic) bond motifs is 1. The molecule has 4 nitrogen and oxygen atoms in total. The van der Waals surface area contributed by atoms with Crippen LogP contribution in [-0.4, -0.2) is 22.1 Å². The van der Waals surface area contributed by atoms with E-state index in [0.717, 1.165) is 22.9 Å². The summed E-state index contributed by atoms with van der Waals surface area (Å²) in [6.07, 6.45) is 3.04. The molecule has 0 saturated heterocycles. The second kappa shape index (κ2) is 6.26. The third kappa shape index (κ3) is 3.27. The van der Waals surface area contributed by atoms with Gasteiger partial charge in [0, 0.05) is 23.5 Å². The summed E-state index contributed by atoms with van der Waals surface area (Å²) >= 11 is 0. The van der Waals surface area contributed by atoms with Crippen molar-refractivity contribution in [3.05, 3.63) is 70.9 Å². The fraction of sp³-hybridized carbons (Fsp3) is 0.211. The van der Waals surface area contributed by atoms with Crippen molar-refractivity contribution in [3.8, 4) is 0 Å². The Morgan fingerprint density at radius 1 is 1.22 bits per heavy atom. The van der Waals surface area contributed by atoms with Crippen molar-refractivity contribution in [2.45, 2.75) is 25.8 Å². The average molecular weight is 308 g/mol. The number of carboxylic acids is 1. The molecule has 1 heterocycles. The van der Waals surface area contributed by atoms with Gasteiger partial charge in [-0.1, -0.05) is 30.3 Å². The molecule has 118 valence electrons. The minimum Gasteiger partial charge on any atom is -0.480 e. The summed E-state index contributed by atoms with van der Waals surface area (Å²) in [6.45, 7) is 2.10. The minimum absolute atomic E-state index is 0.323. The van der Waals surface area contributed by atoms with Gasteiger partial charge in [-0.05, 0) is 47.7 Å². The first-order chi connectivity index (χ1) is 11.0. The van der Waals surface area contributed by atoms with Gasteiger partial charge in [0.1, 0.15) is 6.04 Å². The van der Waals surface area contributed by atoms with E-state index in [0.29, 0.717) is 6.42 Å². The maximum Gasteiger partial charge on any atom is 0.320 e. The van der Waals surface area contributed by atoms with Crippen LogP contribution in [0.2, 0.25) is 0 Å². The first-order valence-corrected chi connectivity index (χ1v) is 7.66. The highest BCUT2D eigenvalue weighted by Gasteiger charge is 2.15. The van der Waals surface area contributed by atoms with Crippen LogP contribution in [0.25, 0.3) is 10.9 Å². The van der Waals surface area contributed by atoms with E-state index in [1.807, 2.05) is 24.4 Å². The first-order valence-electron chi connectivity index (χ1n) is 7.66. The highest BCUT2D eigenvalue weighted by atomic mass is 16.4. The molecular formula is C19H20N2O2. The van der Waals surface area contributed by atoms with Gasteiger partial charge in [-0.15, -0.1) is 0 Å². The Balaban J connectivity index is 1.96. The zero-order valence-corrected chi connectivity index (χ0v) is 13.0. The van der Waals surface area contributed by atoms with E-state index in [9.17, 15) is 4.79 Å². The lowest BCUT2D eigenvalue weighted by atomic mass is 9.96. The fourth-order valence-corrected chi connectivity index (χ4v) is 2.88. The van der Waals surface area contributed by atoms with Crippen LogP contribution >= 0.6 is 0 Å². The van der Waals surface area contributed by atoms with Gasteiger partial charge >= 0.3 is 5.97 Å². The molecule has 1 unspecified atom stereocenters. The average Bonchev–Trinajstić information content (AvgIpc) is 2.90. The van der Waals surface area contributed by atoms with E-state index in [2.05, 4.69) is 36.2 Å². The van der Waals surface area contributed by atoms with E-state index >= 15 is 0 Å². The highest BCUT2D eigenvalue weighted by Crippen LogP contribution is 2.25. The van der Waals surface area contributed by atoms with Gasteiger partial charge in [0.05, 0.1) is 0 Å². The SMILES string of the molecule is Cc1cc2[nH]cc(CC(N)C(=O)O)c2cc1Cc1ccccc1. The monoisotopic (exact) mass is 308 g/mol. The highest BCUT2D eigenvalue weighted by molar-refractivity contribution is 5.86. The number of aromatic amines is 1. The van der Waals surface area contributed by atoms with Crippen molar-refractivity contribution in [2.24, 2.45) is 5.73 Å². The van der Waals surface area contributed by atoms with E-state index in [1.54, 1.807) is 0 Å². The van der Waals surface area contributed by atoms with Gasteiger partial charge in [-0.3, -0.25) is 4.79 Å². The second-order valence-corrected chi connectivity index (χ2v) is 5.95. The zero-order chi connectivity index (χ0) is 16.4. The molecule has 23 heavy (non-hydrogen) atoms. The Hall–Kier alpha value is -2.59. The van der Waals surface area contributed by atoms with Crippen LogP contribution in [0.5, 0.6) is 0 Å². The molecule has 0 aliphatic rings. The van der Waals surface area contributed by atoms with Gasteiger partial charge in [0.15, 0.2) is 0 Å². The van der Waals surface area contributed by atoms with Crippen molar-refractivity contribution in [3.63, 3.8) is 0 Å². The number of aromatic nitrogens is 1. The molecule has 3 rings (SSSR count). The molecular weight excluding hydrogens is 288 g/mol. The number of aryl methyl sites for hydroxylation is 1. The van der Waals surface area contributed by atoms with Crippen LogP contribution in [0.4, 0.5) is 0 Å². The minimum atomic E-state index is -0.976. The predicted octanol–water partition coefficient (Wildman–Crippen LogP) is 3.02. The number of rotatable bonds is 5. The molecule has 0 aliphatic heterocycles. The molecule has 0 aliphatic carbocycles. The van der Waals surface area contributed by atoms with Crippen LogP contribution in [0.3, 0.4) is 0 Å². The lowest BCUT2D eigenvalue weighted by molar-refractivity contribution is -0.138. The van der Waals surface area contributed by atoms with E-state index < -0.39 is 12.0 Å². The molecule has 1 aromatic heterocycles. The molecule has 2 aromatic carbocycles. The smallest absolute Gasteiger partial charge is 0.320 e. The number of nitrogens with one attached hydrogen (secondary N) is 1. The van der Waals surface area contributed by atoms with Crippen LogP contribution in [0.1, 0.15) is 22.3 Å². The number of hydrogen-bond donors (Lipinski definition) is 3. The Morgan fingerprint density at radius 2 is 1.96 bits per heavy atom. The number of nitrogens with two attached hydrogens (primary N) is 1. The number of aliphatic carboxylic acids is 1. The maximum atomic E-state index is 11.0. The van der Waals surface area contributed by atoms with Gasteiger partial charge < -0.3 is 15.8 Å². The van der Waals surface area contributed by atoms with Crippen LogP contribution < -0.4 is 5.73 Å². The van der Waals surface area contributed by atoms with Gasteiger partial charge in [0.25, 0.3) is 0 Å². The molecule has 0 bridgehead atoms. The zero-order valence-electron chi connectivity index (χ0n) is 13.0. The summed E-state index contributed by atoms with van der Waals surface area (Å²) in [7, 11) is 0. The van der Waals surface area contributed by atoms with Crippen molar-refractivity contribution < 1.29 is 9.90 Å². The molecule has 4 heteroatoms. The fourth-order valence-electron chi connectivity index (χ4n) is 2.88. The van der Waals surface area contributed by atoms with Gasteiger partial charge in [-0.25, -0.2) is 0 Å². The number of carbonyl (C=O) groups is 1. The quantitative estimate of drug-likeness (QED) is 0.678. The Morgan fingerprint density at radius 3 is 2.65 bits per heavy atom. The second-order valence-electron chi connectivity index (χ2n) is 5.95. The van der Waals surface area contributed by atoms with Crippen molar-refractivity contribution >= 4 is 16.9 Å². The summed E-state index contributed by atoms with van der Waals surface area (Å²) < 4.78 is 0. The third-order valence-electron chi connectivity index (χ3n) is 4.22. The van der Waals surface area contributed by atoms with Gasteiger partial charge in [0.2, 0.25) is 0 Å². The third-order valence-corrected chi connectivity index (χ3v) is 4.22. The largest absolute Gasteiger partial charge is 0.480 e. The Labute approximate surface area is 134 Å². The van der Waals surface area contributed by atoms with E-state index in [4.69, 9.17) is 10.8 Å². The normalized spacial score (nSPS) is 12.4. The molecule has 0 radical (unpaired) electrons. The number of benzene rings is 2. The lowest BCUT2D eigenvalue weighted by Crippen LogP contribution is -2.32. The molecule has 0 amide bonds. The molecule has 0 saturated carbocycles. The number of hydrogen-bond acceptors (Lipinski definition) is 2. The van der Waals surface area contributed by atoms with Crippen molar-refractivity contribution in [2.75, 3.05) is 0 Å². The molecule has 1 atom stereocenters. The summed E-state index contributed by atoms with van der Waals surface area (Å²) in [6, 6.07) is 13.7. The van der Waals surface area contributed by atoms with Crippen LogP contribution in [0.15, 0.2) is 48.7 Å². The van der Waals surface area contributed by atoms with Crippen LogP contribution in [0, 0.1) is 6.92 Å². The Kier molecular flexibility index (Phi) is 4.17. The Bertz CT molecular complexity index is 837.